The molecule has 1 aromatic carbocycles. The van der Waals surface area contributed by atoms with E-state index in [2.05, 4.69) is 24.9 Å². The van der Waals surface area contributed by atoms with E-state index in [1.165, 1.54) is 5.56 Å². The maximum absolute atomic E-state index is 9.64. The number of aliphatic hydroxyl groups excluding tert-OH is 1. The minimum Gasteiger partial charge on any atom is -0.491 e. The fourth-order valence-corrected chi connectivity index (χ4v) is 1.46. The van der Waals surface area contributed by atoms with Crippen LogP contribution in [0.1, 0.15) is 12.5 Å². The number of rotatable bonds is 8. The summed E-state index contributed by atoms with van der Waals surface area (Å²) >= 11 is 0. The summed E-state index contributed by atoms with van der Waals surface area (Å²) in [6.45, 7) is 7.21. The van der Waals surface area contributed by atoms with E-state index in [9.17, 15) is 5.11 Å². The van der Waals surface area contributed by atoms with Gasteiger partial charge in [0, 0.05) is 13.1 Å². The minimum absolute atomic E-state index is 0.303. The van der Waals surface area contributed by atoms with Crippen molar-refractivity contribution < 1.29 is 9.84 Å². The first kappa shape index (κ1) is 13.7. The first-order chi connectivity index (χ1) is 8.26. The third-order valence-electron chi connectivity index (χ3n) is 2.42. The summed E-state index contributed by atoms with van der Waals surface area (Å²) in [5.41, 5.74) is 1.24. The van der Waals surface area contributed by atoms with Gasteiger partial charge >= 0.3 is 0 Å². The fourth-order valence-electron chi connectivity index (χ4n) is 1.46. The highest BCUT2D eigenvalue weighted by molar-refractivity contribution is 5.28. The van der Waals surface area contributed by atoms with Crippen molar-refractivity contribution >= 4 is 0 Å². The van der Waals surface area contributed by atoms with Crippen LogP contribution in [0.4, 0.5) is 0 Å². The molecule has 0 amide bonds. The second kappa shape index (κ2) is 7.87. The average Bonchev–Trinajstić information content (AvgIpc) is 2.37. The molecular formula is C14H21NO2. The Kier molecular flexibility index (Phi) is 6.37. The van der Waals surface area contributed by atoms with Crippen molar-refractivity contribution in [3.05, 3.63) is 42.5 Å². The zero-order valence-electron chi connectivity index (χ0n) is 10.4. The quantitative estimate of drug-likeness (QED) is 0.533. The Balaban J connectivity index is 2.31. The molecule has 0 radical (unpaired) electrons. The highest BCUT2D eigenvalue weighted by Crippen LogP contribution is 2.13. The van der Waals surface area contributed by atoms with E-state index in [1.807, 2.05) is 18.2 Å². The van der Waals surface area contributed by atoms with E-state index < -0.39 is 6.10 Å². The molecule has 0 aliphatic heterocycles. The maximum Gasteiger partial charge on any atom is 0.119 e. The summed E-state index contributed by atoms with van der Waals surface area (Å²) in [5.74, 6) is 0.812. The van der Waals surface area contributed by atoms with Crippen LogP contribution in [0.25, 0.3) is 0 Å². The molecule has 3 nitrogen and oxygen atoms in total. The number of hydrogen-bond acceptors (Lipinski definition) is 3. The average molecular weight is 235 g/mol. The molecule has 0 saturated heterocycles. The van der Waals surface area contributed by atoms with Crippen molar-refractivity contribution in [3.63, 3.8) is 0 Å². The molecule has 0 aliphatic carbocycles. The number of nitrogens with one attached hydrogen (secondary N) is 1. The zero-order chi connectivity index (χ0) is 12.5. The SMILES string of the molecule is C=CCNCC(O)COc1cccc(CC)c1. The van der Waals surface area contributed by atoms with Gasteiger partial charge in [0.2, 0.25) is 0 Å². The van der Waals surface area contributed by atoms with Gasteiger partial charge in [-0.25, -0.2) is 0 Å². The number of aryl methyl sites for hydroxylation is 1. The van der Waals surface area contributed by atoms with E-state index in [0.29, 0.717) is 19.7 Å². The van der Waals surface area contributed by atoms with Gasteiger partial charge in [0.25, 0.3) is 0 Å². The van der Waals surface area contributed by atoms with E-state index in [4.69, 9.17) is 4.74 Å². The van der Waals surface area contributed by atoms with E-state index in [0.717, 1.165) is 12.2 Å². The van der Waals surface area contributed by atoms with Gasteiger partial charge in [-0.05, 0) is 24.1 Å². The topological polar surface area (TPSA) is 41.5 Å². The lowest BCUT2D eigenvalue weighted by molar-refractivity contribution is 0.107. The molecular weight excluding hydrogens is 214 g/mol. The lowest BCUT2D eigenvalue weighted by atomic mass is 10.2. The molecule has 1 rings (SSSR count). The number of benzene rings is 1. The van der Waals surface area contributed by atoms with E-state index >= 15 is 0 Å². The van der Waals surface area contributed by atoms with Gasteiger partial charge in [-0.2, -0.15) is 0 Å². The van der Waals surface area contributed by atoms with Gasteiger partial charge in [0.1, 0.15) is 18.5 Å². The summed E-state index contributed by atoms with van der Waals surface area (Å²) in [6, 6.07) is 7.94. The van der Waals surface area contributed by atoms with Crippen LogP contribution in [0.15, 0.2) is 36.9 Å². The maximum atomic E-state index is 9.64. The van der Waals surface area contributed by atoms with Crippen molar-refractivity contribution in [3.8, 4) is 5.75 Å². The summed E-state index contributed by atoms with van der Waals surface area (Å²) in [7, 11) is 0. The second-order valence-corrected chi connectivity index (χ2v) is 3.91. The van der Waals surface area contributed by atoms with Crippen molar-refractivity contribution in [2.24, 2.45) is 0 Å². The van der Waals surface area contributed by atoms with Gasteiger partial charge in [0.15, 0.2) is 0 Å². The summed E-state index contributed by atoms with van der Waals surface area (Å²) in [6.07, 6.45) is 2.25. The number of hydrogen-bond donors (Lipinski definition) is 2. The smallest absolute Gasteiger partial charge is 0.119 e. The first-order valence-electron chi connectivity index (χ1n) is 5.97. The van der Waals surface area contributed by atoms with Gasteiger partial charge in [-0.3, -0.25) is 0 Å². The molecule has 1 unspecified atom stereocenters. The van der Waals surface area contributed by atoms with Crippen LogP contribution in [-0.4, -0.2) is 30.9 Å². The monoisotopic (exact) mass is 235 g/mol. The zero-order valence-corrected chi connectivity index (χ0v) is 10.4. The van der Waals surface area contributed by atoms with Crippen LogP contribution in [0.2, 0.25) is 0 Å². The molecule has 94 valence electrons. The molecule has 0 saturated carbocycles. The van der Waals surface area contributed by atoms with Crippen molar-refractivity contribution in [1.29, 1.82) is 0 Å². The predicted molar refractivity (Wildman–Crippen MR) is 70.4 cm³/mol. The molecule has 1 aromatic rings. The molecule has 0 spiro atoms. The summed E-state index contributed by atoms with van der Waals surface area (Å²) < 4.78 is 5.53. The molecule has 0 bridgehead atoms. The van der Waals surface area contributed by atoms with E-state index in [-0.39, 0.29) is 0 Å². The third kappa shape index (κ3) is 5.52. The van der Waals surface area contributed by atoms with Crippen LogP contribution in [0.3, 0.4) is 0 Å². The fraction of sp³-hybridized carbons (Fsp3) is 0.429. The molecule has 2 N–H and O–H groups in total. The normalized spacial score (nSPS) is 12.1. The second-order valence-electron chi connectivity index (χ2n) is 3.91. The largest absolute Gasteiger partial charge is 0.491 e. The predicted octanol–water partition coefficient (Wildman–Crippen LogP) is 1.76. The first-order valence-corrected chi connectivity index (χ1v) is 5.97. The Morgan fingerprint density at radius 1 is 1.53 bits per heavy atom. The third-order valence-corrected chi connectivity index (χ3v) is 2.42. The van der Waals surface area contributed by atoms with Gasteiger partial charge in [-0.15, -0.1) is 6.58 Å². The number of aliphatic hydroxyl groups is 1. The Hall–Kier alpha value is -1.32. The van der Waals surface area contributed by atoms with Gasteiger partial charge in [-0.1, -0.05) is 25.1 Å². The Morgan fingerprint density at radius 2 is 2.35 bits per heavy atom. The molecule has 17 heavy (non-hydrogen) atoms. The van der Waals surface area contributed by atoms with Crippen molar-refractivity contribution in [1.82, 2.24) is 5.32 Å². The Labute approximate surface area is 103 Å². The van der Waals surface area contributed by atoms with Crippen LogP contribution in [0, 0.1) is 0 Å². The highest BCUT2D eigenvalue weighted by atomic mass is 16.5. The van der Waals surface area contributed by atoms with Gasteiger partial charge < -0.3 is 15.2 Å². The Morgan fingerprint density at radius 3 is 3.06 bits per heavy atom. The molecule has 0 fully saturated rings. The summed E-state index contributed by atoms with van der Waals surface area (Å²) in [4.78, 5) is 0. The van der Waals surface area contributed by atoms with Gasteiger partial charge in [0.05, 0.1) is 0 Å². The van der Waals surface area contributed by atoms with Crippen LogP contribution < -0.4 is 10.1 Å². The highest BCUT2D eigenvalue weighted by Gasteiger charge is 2.04. The van der Waals surface area contributed by atoms with Crippen molar-refractivity contribution in [2.45, 2.75) is 19.4 Å². The molecule has 0 aromatic heterocycles. The van der Waals surface area contributed by atoms with E-state index in [1.54, 1.807) is 6.08 Å². The standard InChI is InChI=1S/C14H21NO2/c1-3-8-15-10-13(16)11-17-14-7-5-6-12(4-2)9-14/h3,5-7,9,13,15-16H,1,4,8,10-11H2,2H3. The molecule has 0 heterocycles. The van der Waals surface area contributed by atoms with Crippen LogP contribution >= 0.6 is 0 Å². The minimum atomic E-state index is -0.500. The summed E-state index contributed by atoms with van der Waals surface area (Å²) in [5, 5.41) is 12.7. The molecule has 0 aliphatic rings. The number of ether oxygens (including phenoxy) is 1. The van der Waals surface area contributed by atoms with Crippen molar-refractivity contribution in [2.75, 3.05) is 19.7 Å². The molecule has 3 heteroatoms. The Bertz CT molecular complexity index is 339. The lowest BCUT2D eigenvalue weighted by Gasteiger charge is -2.13. The lowest BCUT2D eigenvalue weighted by Crippen LogP contribution is -2.31. The molecule has 1 atom stereocenters. The van der Waals surface area contributed by atoms with Crippen LogP contribution in [0.5, 0.6) is 5.75 Å². The van der Waals surface area contributed by atoms with Crippen LogP contribution in [-0.2, 0) is 6.42 Å².